The summed E-state index contributed by atoms with van der Waals surface area (Å²) < 4.78 is 6.42. The van der Waals surface area contributed by atoms with Crippen LogP contribution in [0.2, 0.25) is 0 Å². The molecule has 10 radical (unpaired) electrons. The van der Waals surface area contributed by atoms with Crippen molar-refractivity contribution in [3.05, 3.63) is 115 Å². The molecule has 0 saturated heterocycles. The lowest BCUT2D eigenvalue weighted by atomic mass is 9.59. The second kappa shape index (κ2) is 10.1. The van der Waals surface area contributed by atoms with Gasteiger partial charge in [0.1, 0.15) is 50.4 Å². The zero-order valence-corrected chi connectivity index (χ0v) is 23.8. The fraction of sp³-hybridized carbons (Fsp3) is 0. The zero-order chi connectivity index (χ0) is 30.1. The van der Waals surface area contributed by atoms with Crippen molar-refractivity contribution in [2.45, 2.75) is 0 Å². The van der Waals surface area contributed by atoms with Crippen molar-refractivity contribution in [1.29, 1.82) is 0 Å². The Hall–Kier alpha value is -4.82. The molecule has 192 valence electrons. The van der Waals surface area contributed by atoms with Gasteiger partial charge in [0.05, 0.1) is 0 Å². The lowest BCUT2D eigenvalue weighted by molar-refractivity contribution is 0.669. The van der Waals surface area contributed by atoms with E-state index in [1.807, 2.05) is 42.5 Å². The number of hydrogen-bond donors (Lipinski definition) is 0. The highest BCUT2D eigenvalue weighted by Crippen LogP contribution is 2.46. The van der Waals surface area contributed by atoms with E-state index < -0.39 is 0 Å². The highest BCUT2D eigenvalue weighted by molar-refractivity contribution is 6.69. The Morgan fingerprint density at radius 1 is 0.364 bits per heavy atom. The molecule has 0 bridgehead atoms. The Kier molecular flexibility index (Phi) is 6.17. The highest BCUT2D eigenvalue weighted by Gasteiger charge is 2.22. The van der Waals surface area contributed by atoms with E-state index in [4.69, 9.17) is 43.6 Å². The van der Waals surface area contributed by atoms with Crippen LogP contribution in [-0.2, 0) is 0 Å². The first-order chi connectivity index (χ1) is 21.4. The summed E-state index contributed by atoms with van der Waals surface area (Å²) in [6, 6.07) is 39.6. The molecule has 0 fully saturated rings. The Morgan fingerprint density at radius 3 is 1.52 bits per heavy atom. The van der Waals surface area contributed by atoms with Gasteiger partial charge in [0.15, 0.2) is 0 Å². The maximum atomic E-state index is 6.65. The van der Waals surface area contributed by atoms with Crippen molar-refractivity contribution >= 4 is 110 Å². The Morgan fingerprint density at radius 2 is 0.909 bits per heavy atom. The average Bonchev–Trinajstić information content (AvgIpc) is 3.45. The van der Waals surface area contributed by atoms with Crippen LogP contribution in [0.5, 0.6) is 0 Å². The molecular weight excluding hydrogens is 526 g/mol. The summed E-state index contributed by atoms with van der Waals surface area (Å²) >= 11 is 0. The molecular formula is C38H19B5O. The molecule has 8 rings (SSSR count). The maximum Gasteiger partial charge on any atom is 0.136 e. The summed E-state index contributed by atoms with van der Waals surface area (Å²) in [5.41, 5.74) is 8.85. The normalized spacial score (nSPS) is 11.6. The first kappa shape index (κ1) is 26.8. The summed E-state index contributed by atoms with van der Waals surface area (Å²) in [5, 5.41) is 6.13. The van der Waals surface area contributed by atoms with Gasteiger partial charge < -0.3 is 4.42 Å². The van der Waals surface area contributed by atoms with Crippen LogP contribution in [0.3, 0.4) is 0 Å². The van der Waals surface area contributed by atoms with E-state index in [1.165, 1.54) is 0 Å². The molecule has 1 aromatic heterocycles. The van der Waals surface area contributed by atoms with Gasteiger partial charge in [0.2, 0.25) is 0 Å². The summed E-state index contributed by atoms with van der Waals surface area (Å²) in [6.07, 6.45) is 0. The zero-order valence-electron chi connectivity index (χ0n) is 23.8. The molecule has 0 amide bonds. The molecule has 0 N–H and O–H groups in total. The Labute approximate surface area is 262 Å². The highest BCUT2D eigenvalue weighted by atomic mass is 16.3. The third kappa shape index (κ3) is 3.87. The van der Waals surface area contributed by atoms with Crippen molar-refractivity contribution in [3.63, 3.8) is 0 Å². The Balaban J connectivity index is 1.52. The monoisotopic (exact) mass is 546 g/mol. The van der Waals surface area contributed by atoms with Crippen LogP contribution in [0.25, 0.3) is 76.9 Å². The molecule has 0 atom stereocenters. The van der Waals surface area contributed by atoms with Gasteiger partial charge in [-0.2, -0.15) is 0 Å². The Bertz CT molecular complexity index is 2360. The standard InChI is InChI=1S/C38H19B5O/c39-34-33(35(40)37(42)38(43)36(34)41)32-24-13-6-4-11-22(24)30(23-12-5-7-14-25(23)32)26-15-8-16-29-31(26)27-19-21(17-18-28(27)44-29)20-9-2-1-3-10-20/h1-19H. The molecule has 8 aromatic rings. The third-order valence-electron chi connectivity index (χ3n) is 8.75. The van der Waals surface area contributed by atoms with E-state index in [0.29, 0.717) is 16.5 Å². The van der Waals surface area contributed by atoms with Crippen molar-refractivity contribution in [3.8, 4) is 33.4 Å². The molecule has 0 aliphatic rings. The van der Waals surface area contributed by atoms with Gasteiger partial charge in [-0.1, -0.05) is 108 Å². The van der Waals surface area contributed by atoms with Crippen molar-refractivity contribution < 1.29 is 4.42 Å². The molecule has 0 aliphatic heterocycles. The molecule has 0 unspecified atom stereocenters. The minimum absolute atomic E-state index is 0.197. The third-order valence-corrected chi connectivity index (χ3v) is 8.75. The van der Waals surface area contributed by atoms with Crippen molar-refractivity contribution in [1.82, 2.24) is 0 Å². The van der Waals surface area contributed by atoms with Crippen LogP contribution < -0.4 is 27.3 Å². The fourth-order valence-electron chi connectivity index (χ4n) is 6.65. The summed E-state index contributed by atoms with van der Waals surface area (Å²) in [4.78, 5) is 0. The molecule has 7 aromatic carbocycles. The molecule has 1 heterocycles. The summed E-state index contributed by atoms with van der Waals surface area (Å²) in [6.45, 7) is 0. The molecule has 6 heteroatoms. The largest absolute Gasteiger partial charge is 0.456 e. The van der Waals surface area contributed by atoms with Crippen LogP contribution in [0.4, 0.5) is 0 Å². The van der Waals surface area contributed by atoms with Crippen molar-refractivity contribution in [2.75, 3.05) is 0 Å². The van der Waals surface area contributed by atoms with E-state index >= 15 is 0 Å². The van der Waals surface area contributed by atoms with Gasteiger partial charge in [-0.15, -0.1) is 16.4 Å². The molecule has 0 saturated carbocycles. The van der Waals surface area contributed by atoms with E-state index in [2.05, 4.69) is 72.8 Å². The number of fused-ring (bicyclic) bond motifs is 5. The van der Waals surface area contributed by atoms with Crippen LogP contribution in [0.15, 0.2) is 120 Å². The van der Waals surface area contributed by atoms with Gasteiger partial charge in [-0.05, 0) is 73.1 Å². The minimum Gasteiger partial charge on any atom is -0.456 e. The van der Waals surface area contributed by atoms with Crippen LogP contribution >= 0.6 is 0 Å². The number of furan rings is 1. The number of hydrogen-bond acceptors (Lipinski definition) is 1. The van der Waals surface area contributed by atoms with Crippen molar-refractivity contribution in [2.24, 2.45) is 0 Å². The number of benzene rings is 7. The van der Waals surface area contributed by atoms with Gasteiger partial charge in [0.25, 0.3) is 0 Å². The lowest BCUT2D eigenvalue weighted by Crippen LogP contribution is -2.55. The predicted molar refractivity (Wildman–Crippen MR) is 192 cm³/mol. The van der Waals surface area contributed by atoms with E-state index in [-0.39, 0.29) is 16.4 Å². The van der Waals surface area contributed by atoms with Crippen LogP contribution in [-0.4, -0.2) is 39.2 Å². The summed E-state index contributed by atoms with van der Waals surface area (Å²) in [5.74, 6) is 0. The topological polar surface area (TPSA) is 13.1 Å². The van der Waals surface area contributed by atoms with Crippen LogP contribution in [0.1, 0.15) is 0 Å². The first-order valence-electron chi connectivity index (χ1n) is 14.4. The average molecular weight is 546 g/mol. The lowest BCUT2D eigenvalue weighted by Gasteiger charge is -2.25. The SMILES string of the molecule is [B]c1c([B])c([B])c(-c2c3ccccc3c(-c3cccc4oc5ccc(-c6ccccc6)cc5c34)c3ccccc23)c([B])c1[B]. The quantitative estimate of drug-likeness (QED) is 0.228. The van der Waals surface area contributed by atoms with E-state index in [9.17, 15) is 0 Å². The molecule has 0 aliphatic carbocycles. The fourth-order valence-corrected chi connectivity index (χ4v) is 6.65. The molecule has 44 heavy (non-hydrogen) atoms. The summed E-state index contributed by atoms with van der Waals surface area (Å²) in [7, 11) is 32.2. The van der Waals surface area contributed by atoms with Crippen LogP contribution in [0, 0.1) is 0 Å². The minimum atomic E-state index is 0.197. The predicted octanol–water partition coefficient (Wildman–Crippen LogP) is 4.86. The second-order valence-electron chi connectivity index (χ2n) is 11.1. The molecule has 1 nitrogen and oxygen atoms in total. The van der Waals surface area contributed by atoms with Gasteiger partial charge >= 0.3 is 0 Å². The van der Waals surface area contributed by atoms with E-state index in [0.717, 1.165) is 71.3 Å². The van der Waals surface area contributed by atoms with E-state index in [1.54, 1.807) is 0 Å². The first-order valence-corrected chi connectivity index (χ1v) is 14.4. The maximum absolute atomic E-state index is 6.65. The number of rotatable bonds is 3. The molecule has 0 spiro atoms. The smallest absolute Gasteiger partial charge is 0.136 e. The second-order valence-corrected chi connectivity index (χ2v) is 11.1. The van der Waals surface area contributed by atoms with Gasteiger partial charge in [-0.3, -0.25) is 0 Å². The van der Waals surface area contributed by atoms with Gasteiger partial charge in [-0.25, -0.2) is 0 Å². The van der Waals surface area contributed by atoms with Gasteiger partial charge in [0, 0.05) is 10.8 Å².